The lowest BCUT2D eigenvalue weighted by Gasteiger charge is -2.32. The number of fused-ring (bicyclic) bond motifs is 2. The Morgan fingerprint density at radius 3 is 3.03 bits per heavy atom. The number of nitrogens with one attached hydrogen (secondary N) is 2. The number of pyridine rings is 2. The van der Waals surface area contributed by atoms with Crippen molar-refractivity contribution in [2.24, 2.45) is 0 Å². The van der Waals surface area contributed by atoms with Crippen LogP contribution >= 0.6 is 0 Å². The van der Waals surface area contributed by atoms with Gasteiger partial charge in [0.1, 0.15) is 5.65 Å². The summed E-state index contributed by atoms with van der Waals surface area (Å²) < 4.78 is 6.91. The van der Waals surface area contributed by atoms with Crippen LogP contribution in [-0.4, -0.2) is 69.8 Å². The van der Waals surface area contributed by atoms with Gasteiger partial charge in [0.2, 0.25) is 0 Å². The van der Waals surface area contributed by atoms with E-state index in [0.717, 1.165) is 66.8 Å². The number of nitrogens with zero attached hydrogens (tertiary/aromatic N) is 4. The first kappa shape index (κ1) is 19.7. The third-order valence-corrected chi connectivity index (χ3v) is 6.06. The van der Waals surface area contributed by atoms with E-state index in [4.69, 9.17) is 4.74 Å². The zero-order valence-corrected chi connectivity index (χ0v) is 17.5. The number of carbonyl (C=O) groups is 1. The SMILES string of the molecule is COCCN1CCC(NC(=O)c2cnn3ccc(-c4c[nH]c5ncccc45)cc23)CC1. The Labute approximate surface area is 180 Å². The standard InChI is InChI=1S/C23H26N6O2/c1-31-12-11-28-8-5-17(6-9-28)27-23(30)20-15-26-29-10-4-16(13-21(20)29)19-14-25-22-18(19)3-2-7-24-22/h2-4,7,10,13-15,17H,5-6,8-9,11-12H2,1H3,(H,24,25)(H,27,30). The highest BCUT2D eigenvalue weighted by Crippen LogP contribution is 2.29. The zero-order valence-electron chi connectivity index (χ0n) is 17.5. The third kappa shape index (κ3) is 3.92. The quantitative estimate of drug-likeness (QED) is 0.503. The summed E-state index contributed by atoms with van der Waals surface area (Å²) in [5.74, 6) is -0.0666. The number of piperidine rings is 1. The lowest BCUT2D eigenvalue weighted by atomic mass is 10.0. The molecule has 1 amide bonds. The van der Waals surface area contributed by atoms with Crippen molar-refractivity contribution in [1.29, 1.82) is 0 Å². The summed E-state index contributed by atoms with van der Waals surface area (Å²) in [6.07, 6.45) is 9.17. The summed E-state index contributed by atoms with van der Waals surface area (Å²) in [5.41, 5.74) is 4.32. The van der Waals surface area contributed by atoms with Gasteiger partial charge >= 0.3 is 0 Å². The molecule has 5 heterocycles. The van der Waals surface area contributed by atoms with Gasteiger partial charge in [-0.2, -0.15) is 5.10 Å². The highest BCUT2D eigenvalue weighted by Gasteiger charge is 2.22. The van der Waals surface area contributed by atoms with Crippen LogP contribution in [-0.2, 0) is 4.74 Å². The molecule has 5 rings (SSSR count). The summed E-state index contributed by atoms with van der Waals surface area (Å²) >= 11 is 0. The van der Waals surface area contributed by atoms with Crippen molar-refractivity contribution in [3.63, 3.8) is 0 Å². The second kappa shape index (κ2) is 8.49. The van der Waals surface area contributed by atoms with Crippen molar-refractivity contribution in [3.05, 3.63) is 54.6 Å². The first-order valence-electron chi connectivity index (χ1n) is 10.6. The maximum absolute atomic E-state index is 13.0. The Morgan fingerprint density at radius 1 is 1.32 bits per heavy atom. The smallest absolute Gasteiger partial charge is 0.255 e. The van der Waals surface area contributed by atoms with Crippen LogP contribution in [0.2, 0.25) is 0 Å². The van der Waals surface area contributed by atoms with Crippen LogP contribution in [0.3, 0.4) is 0 Å². The molecule has 0 aliphatic carbocycles. The lowest BCUT2D eigenvalue weighted by molar-refractivity contribution is 0.0894. The minimum Gasteiger partial charge on any atom is -0.383 e. The number of aromatic amines is 1. The highest BCUT2D eigenvalue weighted by atomic mass is 16.5. The molecule has 1 fully saturated rings. The molecule has 0 spiro atoms. The van der Waals surface area contributed by atoms with Crippen molar-refractivity contribution in [2.75, 3.05) is 33.4 Å². The number of hydrogen-bond donors (Lipinski definition) is 2. The van der Waals surface area contributed by atoms with E-state index in [9.17, 15) is 4.79 Å². The lowest BCUT2D eigenvalue weighted by Crippen LogP contribution is -2.45. The zero-order chi connectivity index (χ0) is 21.2. The minimum atomic E-state index is -0.0666. The molecule has 1 saturated heterocycles. The molecule has 0 saturated carbocycles. The number of amides is 1. The van der Waals surface area contributed by atoms with Gasteiger partial charge < -0.3 is 19.9 Å². The van der Waals surface area contributed by atoms with Gasteiger partial charge in [0.15, 0.2) is 0 Å². The van der Waals surface area contributed by atoms with Gasteiger partial charge in [0.05, 0.1) is 23.9 Å². The van der Waals surface area contributed by atoms with Gasteiger partial charge in [0.25, 0.3) is 5.91 Å². The van der Waals surface area contributed by atoms with Crippen LogP contribution in [0.5, 0.6) is 0 Å². The molecule has 4 aromatic heterocycles. The Bertz CT molecular complexity index is 1210. The number of rotatable bonds is 6. The second-order valence-corrected chi connectivity index (χ2v) is 7.99. The normalized spacial score (nSPS) is 15.6. The first-order chi connectivity index (χ1) is 15.2. The van der Waals surface area contributed by atoms with E-state index >= 15 is 0 Å². The average Bonchev–Trinajstić information content (AvgIpc) is 3.42. The summed E-state index contributed by atoms with van der Waals surface area (Å²) in [6.45, 7) is 3.63. The number of ether oxygens (including phenoxy) is 1. The molecule has 4 aromatic rings. The van der Waals surface area contributed by atoms with E-state index in [1.54, 1.807) is 24.0 Å². The predicted octanol–water partition coefficient (Wildman–Crippen LogP) is 2.72. The largest absolute Gasteiger partial charge is 0.383 e. The maximum atomic E-state index is 13.0. The second-order valence-electron chi connectivity index (χ2n) is 7.99. The summed E-state index contributed by atoms with van der Waals surface area (Å²) in [4.78, 5) is 23.0. The van der Waals surface area contributed by atoms with Gasteiger partial charge in [-0.15, -0.1) is 0 Å². The van der Waals surface area contributed by atoms with Gasteiger partial charge in [-0.25, -0.2) is 9.50 Å². The third-order valence-electron chi connectivity index (χ3n) is 6.06. The van der Waals surface area contributed by atoms with Crippen LogP contribution in [0.4, 0.5) is 0 Å². The van der Waals surface area contributed by atoms with Crippen LogP contribution < -0.4 is 5.32 Å². The van der Waals surface area contributed by atoms with E-state index in [1.165, 1.54) is 0 Å². The maximum Gasteiger partial charge on any atom is 0.255 e. The summed E-state index contributed by atoms with van der Waals surface area (Å²) in [7, 11) is 1.73. The predicted molar refractivity (Wildman–Crippen MR) is 119 cm³/mol. The van der Waals surface area contributed by atoms with Crippen molar-refractivity contribution in [1.82, 2.24) is 29.8 Å². The average molecular weight is 419 g/mol. The Hall–Kier alpha value is -3.23. The molecule has 8 nitrogen and oxygen atoms in total. The highest BCUT2D eigenvalue weighted by molar-refractivity contribution is 6.02. The molecule has 0 aromatic carbocycles. The number of likely N-dealkylation sites (tertiary alicyclic amines) is 1. The van der Waals surface area contributed by atoms with E-state index < -0.39 is 0 Å². The molecule has 1 aliphatic rings. The number of hydrogen-bond acceptors (Lipinski definition) is 5. The van der Waals surface area contributed by atoms with Crippen molar-refractivity contribution < 1.29 is 9.53 Å². The molecule has 2 N–H and O–H groups in total. The number of aromatic nitrogens is 4. The number of carbonyl (C=O) groups excluding carboxylic acids is 1. The topological polar surface area (TPSA) is 87.5 Å². The number of methoxy groups -OCH3 is 1. The molecule has 0 radical (unpaired) electrons. The van der Waals surface area contributed by atoms with Crippen LogP contribution in [0.1, 0.15) is 23.2 Å². The fourth-order valence-corrected chi connectivity index (χ4v) is 4.30. The van der Waals surface area contributed by atoms with Gasteiger partial charge in [-0.05, 0) is 42.7 Å². The Balaban J connectivity index is 1.35. The minimum absolute atomic E-state index is 0.0666. The van der Waals surface area contributed by atoms with E-state index in [1.807, 2.05) is 36.7 Å². The van der Waals surface area contributed by atoms with E-state index in [-0.39, 0.29) is 11.9 Å². The van der Waals surface area contributed by atoms with Crippen LogP contribution in [0.15, 0.2) is 49.1 Å². The summed E-state index contributed by atoms with van der Waals surface area (Å²) in [6, 6.07) is 8.18. The molecule has 1 aliphatic heterocycles. The van der Waals surface area contributed by atoms with Gasteiger partial charge in [-0.1, -0.05) is 0 Å². The molecule has 8 heteroatoms. The Morgan fingerprint density at radius 2 is 2.19 bits per heavy atom. The number of H-pyrrole nitrogens is 1. The van der Waals surface area contributed by atoms with Crippen molar-refractivity contribution in [2.45, 2.75) is 18.9 Å². The van der Waals surface area contributed by atoms with E-state index in [2.05, 4.69) is 25.3 Å². The monoisotopic (exact) mass is 418 g/mol. The van der Waals surface area contributed by atoms with Crippen molar-refractivity contribution in [3.8, 4) is 11.1 Å². The Kier molecular flexibility index (Phi) is 5.40. The molecule has 0 bridgehead atoms. The van der Waals surface area contributed by atoms with Crippen LogP contribution in [0, 0.1) is 0 Å². The fourth-order valence-electron chi connectivity index (χ4n) is 4.30. The molecule has 0 atom stereocenters. The molecule has 0 unspecified atom stereocenters. The first-order valence-corrected chi connectivity index (χ1v) is 10.6. The fraction of sp³-hybridized carbons (Fsp3) is 0.348. The van der Waals surface area contributed by atoms with E-state index in [0.29, 0.717) is 5.56 Å². The molecular weight excluding hydrogens is 392 g/mol. The van der Waals surface area contributed by atoms with Crippen molar-refractivity contribution >= 4 is 22.5 Å². The summed E-state index contributed by atoms with van der Waals surface area (Å²) in [5, 5.41) is 8.64. The van der Waals surface area contributed by atoms with Gasteiger partial charge in [0, 0.05) is 62.3 Å². The molecule has 31 heavy (non-hydrogen) atoms. The molecule has 160 valence electrons. The molecular formula is C23H26N6O2. The van der Waals surface area contributed by atoms with Crippen LogP contribution in [0.25, 0.3) is 27.7 Å². The van der Waals surface area contributed by atoms with Gasteiger partial charge in [-0.3, -0.25) is 4.79 Å².